The van der Waals surface area contributed by atoms with Crippen LogP contribution >= 0.6 is 0 Å². The fraction of sp³-hybridized carbons (Fsp3) is 1.00. The molecule has 5 nitrogen and oxygen atoms in total. The number of hydrogen-bond acceptors (Lipinski definition) is 3. The monoisotopic (exact) mass is 250 g/mol. The number of piperidine rings is 1. The Hall–Kier alpha value is -0.170. The SMILES string of the molecule is CCCNS(=O)(=O)N1CCC(C(C)O)CC1. The van der Waals surface area contributed by atoms with Gasteiger partial charge in [0, 0.05) is 19.6 Å². The molecule has 1 fully saturated rings. The number of nitrogens with zero attached hydrogens (tertiary/aromatic N) is 1. The van der Waals surface area contributed by atoms with Crippen LogP contribution in [-0.4, -0.2) is 43.6 Å². The Bertz CT molecular complexity index is 295. The first-order valence-corrected chi connectivity index (χ1v) is 7.34. The van der Waals surface area contributed by atoms with Crippen molar-refractivity contribution in [1.29, 1.82) is 0 Å². The summed E-state index contributed by atoms with van der Waals surface area (Å²) in [7, 11) is -3.29. The Kier molecular flexibility index (Phi) is 5.17. The van der Waals surface area contributed by atoms with Gasteiger partial charge in [-0.15, -0.1) is 0 Å². The summed E-state index contributed by atoms with van der Waals surface area (Å²) in [6.07, 6.45) is 1.94. The number of nitrogens with one attached hydrogen (secondary N) is 1. The predicted octanol–water partition coefficient (Wildman–Crippen LogP) is 0.324. The summed E-state index contributed by atoms with van der Waals surface area (Å²) in [5, 5.41) is 9.42. The summed E-state index contributed by atoms with van der Waals surface area (Å²) >= 11 is 0. The van der Waals surface area contributed by atoms with Crippen LogP contribution in [0.3, 0.4) is 0 Å². The van der Waals surface area contributed by atoms with Gasteiger partial charge in [0.15, 0.2) is 0 Å². The molecule has 0 saturated carbocycles. The van der Waals surface area contributed by atoms with E-state index in [-0.39, 0.29) is 12.0 Å². The van der Waals surface area contributed by atoms with E-state index < -0.39 is 10.2 Å². The van der Waals surface area contributed by atoms with Crippen LogP contribution in [0, 0.1) is 5.92 Å². The summed E-state index contributed by atoms with van der Waals surface area (Å²) in [6.45, 7) is 5.20. The fourth-order valence-corrected chi connectivity index (χ4v) is 3.26. The molecule has 0 spiro atoms. The topological polar surface area (TPSA) is 69.6 Å². The molecule has 0 aromatic heterocycles. The van der Waals surface area contributed by atoms with Gasteiger partial charge in [0.2, 0.25) is 0 Å². The summed E-state index contributed by atoms with van der Waals surface area (Å²) in [4.78, 5) is 0. The number of aliphatic hydroxyl groups is 1. The van der Waals surface area contributed by atoms with Crippen LogP contribution in [0.2, 0.25) is 0 Å². The highest BCUT2D eigenvalue weighted by Crippen LogP contribution is 2.21. The average molecular weight is 250 g/mol. The largest absolute Gasteiger partial charge is 0.393 e. The third kappa shape index (κ3) is 3.69. The minimum Gasteiger partial charge on any atom is -0.393 e. The Morgan fingerprint density at radius 1 is 1.44 bits per heavy atom. The third-order valence-electron chi connectivity index (χ3n) is 3.06. The quantitative estimate of drug-likeness (QED) is 0.738. The molecule has 16 heavy (non-hydrogen) atoms. The van der Waals surface area contributed by atoms with Crippen molar-refractivity contribution in [2.45, 2.75) is 39.2 Å². The van der Waals surface area contributed by atoms with Crippen molar-refractivity contribution in [3.8, 4) is 0 Å². The highest BCUT2D eigenvalue weighted by Gasteiger charge is 2.29. The summed E-state index contributed by atoms with van der Waals surface area (Å²) in [6, 6.07) is 0. The van der Waals surface area contributed by atoms with Gasteiger partial charge in [-0.1, -0.05) is 6.92 Å². The minimum absolute atomic E-state index is 0.234. The van der Waals surface area contributed by atoms with Crippen molar-refractivity contribution in [3.05, 3.63) is 0 Å². The molecule has 0 bridgehead atoms. The first-order chi connectivity index (χ1) is 7.47. The smallest absolute Gasteiger partial charge is 0.279 e. The first kappa shape index (κ1) is 13.9. The predicted molar refractivity (Wildman–Crippen MR) is 63.2 cm³/mol. The molecule has 1 rings (SSSR count). The molecule has 96 valence electrons. The van der Waals surface area contributed by atoms with Gasteiger partial charge in [-0.2, -0.15) is 12.7 Å². The van der Waals surface area contributed by atoms with Crippen LogP contribution in [-0.2, 0) is 10.2 Å². The zero-order valence-corrected chi connectivity index (χ0v) is 10.8. The zero-order valence-electron chi connectivity index (χ0n) is 10.0. The van der Waals surface area contributed by atoms with Crippen LogP contribution in [0.5, 0.6) is 0 Å². The molecule has 0 aromatic carbocycles. The number of aliphatic hydroxyl groups excluding tert-OH is 1. The van der Waals surface area contributed by atoms with Crippen LogP contribution < -0.4 is 4.72 Å². The molecule has 1 heterocycles. The van der Waals surface area contributed by atoms with Gasteiger partial charge in [-0.05, 0) is 32.1 Å². The van der Waals surface area contributed by atoms with Crippen molar-refractivity contribution in [2.75, 3.05) is 19.6 Å². The van der Waals surface area contributed by atoms with Gasteiger partial charge in [0.25, 0.3) is 10.2 Å². The van der Waals surface area contributed by atoms with Crippen molar-refractivity contribution < 1.29 is 13.5 Å². The molecule has 0 amide bonds. The Morgan fingerprint density at radius 2 is 2.00 bits per heavy atom. The van der Waals surface area contributed by atoms with E-state index in [2.05, 4.69) is 4.72 Å². The second kappa shape index (κ2) is 5.95. The Balaban J connectivity index is 2.47. The first-order valence-electron chi connectivity index (χ1n) is 5.90. The summed E-state index contributed by atoms with van der Waals surface area (Å²) in [5.41, 5.74) is 0. The molecule has 0 aromatic rings. The molecule has 0 radical (unpaired) electrons. The van der Waals surface area contributed by atoms with E-state index in [9.17, 15) is 13.5 Å². The molecular formula is C10H22N2O3S. The van der Waals surface area contributed by atoms with Gasteiger partial charge in [0.05, 0.1) is 6.10 Å². The van der Waals surface area contributed by atoms with E-state index >= 15 is 0 Å². The molecule has 1 atom stereocenters. The maximum absolute atomic E-state index is 11.8. The van der Waals surface area contributed by atoms with Gasteiger partial charge < -0.3 is 5.11 Å². The van der Waals surface area contributed by atoms with Gasteiger partial charge >= 0.3 is 0 Å². The van der Waals surface area contributed by atoms with Gasteiger partial charge in [-0.25, -0.2) is 4.72 Å². The van der Waals surface area contributed by atoms with Gasteiger partial charge in [0.1, 0.15) is 0 Å². The van der Waals surface area contributed by atoms with Crippen LogP contribution in [0.4, 0.5) is 0 Å². The van der Waals surface area contributed by atoms with Crippen molar-refractivity contribution in [2.24, 2.45) is 5.92 Å². The van der Waals surface area contributed by atoms with Crippen LogP contribution in [0.15, 0.2) is 0 Å². The van der Waals surface area contributed by atoms with E-state index in [0.29, 0.717) is 19.6 Å². The van der Waals surface area contributed by atoms with Crippen molar-refractivity contribution in [3.63, 3.8) is 0 Å². The van der Waals surface area contributed by atoms with E-state index in [4.69, 9.17) is 0 Å². The molecule has 1 aliphatic heterocycles. The second-order valence-electron chi connectivity index (χ2n) is 4.38. The normalized spacial score (nSPS) is 22.2. The lowest BCUT2D eigenvalue weighted by Crippen LogP contribution is -2.46. The minimum atomic E-state index is -3.29. The number of hydrogen-bond donors (Lipinski definition) is 2. The molecule has 0 aliphatic carbocycles. The van der Waals surface area contributed by atoms with E-state index in [1.165, 1.54) is 4.31 Å². The van der Waals surface area contributed by atoms with Gasteiger partial charge in [-0.3, -0.25) is 0 Å². The van der Waals surface area contributed by atoms with Crippen molar-refractivity contribution in [1.82, 2.24) is 9.03 Å². The summed E-state index contributed by atoms with van der Waals surface area (Å²) in [5.74, 6) is 0.234. The van der Waals surface area contributed by atoms with E-state index in [1.807, 2.05) is 6.92 Å². The Morgan fingerprint density at radius 3 is 2.44 bits per heavy atom. The van der Waals surface area contributed by atoms with E-state index in [1.54, 1.807) is 6.92 Å². The highest BCUT2D eigenvalue weighted by atomic mass is 32.2. The molecule has 2 N–H and O–H groups in total. The molecular weight excluding hydrogens is 228 g/mol. The maximum Gasteiger partial charge on any atom is 0.279 e. The van der Waals surface area contributed by atoms with Crippen LogP contribution in [0.25, 0.3) is 0 Å². The second-order valence-corrected chi connectivity index (χ2v) is 6.13. The molecule has 1 unspecified atom stereocenters. The average Bonchev–Trinajstić information content (AvgIpc) is 2.26. The van der Waals surface area contributed by atoms with E-state index in [0.717, 1.165) is 19.3 Å². The lowest BCUT2D eigenvalue weighted by Gasteiger charge is -2.32. The third-order valence-corrected chi connectivity index (χ3v) is 4.67. The Labute approximate surface area is 98.0 Å². The van der Waals surface area contributed by atoms with Crippen LogP contribution in [0.1, 0.15) is 33.1 Å². The van der Waals surface area contributed by atoms with Crippen molar-refractivity contribution >= 4 is 10.2 Å². The maximum atomic E-state index is 11.8. The molecule has 1 saturated heterocycles. The highest BCUT2D eigenvalue weighted by molar-refractivity contribution is 7.87. The lowest BCUT2D eigenvalue weighted by molar-refractivity contribution is 0.0909. The summed E-state index contributed by atoms with van der Waals surface area (Å²) < 4.78 is 27.6. The number of rotatable bonds is 5. The standard InChI is InChI=1S/C10H22N2O3S/c1-3-6-11-16(14,15)12-7-4-10(5-8-12)9(2)13/h9-11,13H,3-8H2,1-2H3. The molecule has 6 heteroatoms. The molecule has 1 aliphatic rings. The lowest BCUT2D eigenvalue weighted by atomic mass is 9.93. The fourth-order valence-electron chi connectivity index (χ4n) is 1.92. The zero-order chi connectivity index (χ0) is 12.2.